The molecule has 0 saturated carbocycles. The lowest BCUT2D eigenvalue weighted by Gasteiger charge is -2.19. The van der Waals surface area contributed by atoms with Crippen molar-refractivity contribution in [2.75, 3.05) is 0 Å². The molecule has 0 atom stereocenters. The smallest absolute Gasteiger partial charge is 0.146 e. The molecule has 0 fully saturated rings. The number of para-hydroxylation sites is 3. The van der Waals surface area contributed by atoms with E-state index in [0.717, 1.165) is 50.1 Å². The average Bonchev–Trinajstić information content (AvgIpc) is 3.73. The fourth-order valence-corrected chi connectivity index (χ4v) is 9.87. The summed E-state index contributed by atoms with van der Waals surface area (Å²) in [7, 11) is 0. The van der Waals surface area contributed by atoms with Crippen LogP contribution in [-0.2, 0) is 0 Å². The molecule has 3 heteroatoms. The highest BCUT2D eigenvalue weighted by Gasteiger charge is 2.19. The Labute approximate surface area is 351 Å². The lowest BCUT2D eigenvalue weighted by molar-refractivity contribution is 1.31. The molecule has 0 aliphatic carbocycles. The number of aromatic nitrogens is 3. The molecule has 3 heterocycles. The summed E-state index contributed by atoms with van der Waals surface area (Å²) in [6.45, 7) is 0. The molecule has 0 spiro atoms. The second kappa shape index (κ2) is 13.2. The topological polar surface area (TPSA) is 30.2 Å². The zero-order chi connectivity index (χ0) is 40.0. The van der Waals surface area contributed by atoms with Crippen molar-refractivity contribution in [2.24, 2.45) is 0 Å². The Kier molecular flexibility index (Phi) is 7.31. The Morgan fingerprint density at radius 1 is 0.279 bits per heavy atom. The van der Waals surface area contributed by atoms with Crippen molar-refractivity contribution in [1.82, 2.24) is 14.4 Å². The molecule has 10 aromatic carbocycles. The Morgan fingerprint density at radius 3 is 1.44 bits per heavy atom. The van der Waals surface area contributed by atoms with Gasteiger partial charge in [-0.3, -0.25) is 4.40 Å². The Morgan fingerprint density at radius 2 is 0.770 bits per heavy atom. The van der Waals surface area contributed by atoms with E-state index in [1.165, 1.54) is 76.1 Å². The molecule has 0 N–H and O–H groups in total. The quantitative estimate of drug-likeness (QED) is 0.132. The van der Waals surface area contributed by atoms with Gasteiger partial charge in [0.15, 0.2) is 0 Å². The van der Waals surface area contributed by atoms with Gasteiger partial charge in [-0.1, -0.05) is 152 Å². The van der Waals surface area contributed by atoms with Gasteiger partial charge in [0.1, 0.15) is 5.65 Å². The normalized spacial score (nSPS) is 11.9. The number of pyridine rings is 2. The minimum absolute atomic E-state index is 0.932. The van der Waals surface area contributed by atoms with E-state index >= 15 is 0 Å². The van der Waals surface area contributed by atoms with Crippen LogP contribution in [0.15, 0.2) is 212 Å². The van der Waals surface area contributed by atoms with Crippen LogP contribution in [0, 0.1) is 0 Å². The summed E-state index contributed by atoms with van der Waals surface area (Å²) in [6.07, 6.45) is 0. The number of rotatable bonds is 4. The summed E-state index contributed by atoms with van der Waals surface area (Å²) < 4.78 is 2.30. The maximum Gasteiger partial charge on any atom is 0.146 e. The largest absolute Gasteiger partial charge is 0.292 e. The highest BCUT2D eigenvalue weighted by Crippen LogP contribution is 2.46. The predicted molar refractivity (Wildman–Crippen MR) is 257 cm³/mol. The lowest BCUT2D eigenvalue weighted by atomic mass is 9.84. The standard InChI is InChI=1S/C58H35N3/c1-3-14-38-32-42(26-24-36(38)12-1)56-45-17-5-6-18-46(45)57(43-27-25-37-13-2-4-15-39(37)33-43)50-35-41(28-30-47(50)56)52-21-11-20-51(59-52)40-29-31-48-49(34-40)44-16-7-9-22-54(44)61-55-23-10-8-19-53(55)60-58(48)61/h1-35H. The van der Waals surface area contributed by atoms with E-state index < -0.39 is 0 Å². The van der Waals surface area contributed by atoms with Gasteiger partial charge in [0.05, 0.1) is 27.9 Å². The maximum absolute atomic E-state index is 5.40. The molecule has 0 aliphatic rings. The summed E-state index contributed by atoms with van der Waals surface area (Å²) in [4.78, 5) is 10.5. The molecule has 0 aliphatic heterocycles. The van der Waals surface area contributed by atoms with Crippen LogP contribution in [0.1, 0.15) is 0 Å². The van der Waals surface area contributed by atoms with Crippen LogP contribution in [-0.4, -0.2) is 14.4 Å². The summed E-state index contributed by atoms with van der Waals surface area (Å²) >= 11 is 0. The van der Waals surface area contributed by atoms with Crippen molar-refractivity contribution in [3.05, 3.63) is 212 Å². The van der Waals surface area contributed by atoms with Crippen molar-refractivity contribution in [3.63, 3.8) is 0 Å². The van der Waals surface area contributed by atoms with Crippen LogP contribution in [0.2, 0.25) is 0 Å². The molecule has 0 amide bonds. The number of hydrogen-bond acceptors (Lipinski definition) is 2. The van der Waals surface area contributed by atoms with E-state index in [9.17, 15) is 0 Å². The second-order valence-corrected chi connectivity index (χ2v) is 16.1. The lowest BCUT2D eigenvalue weighted by Crippen LogP contribution is -1.94. The summed E-state index contributed by atoms with van der Waals surface area (Å²) in [5.74, 6) is 0. The first-order valence-corrected chi connectivity index (χ1v) is 20.9. The first-order valence-electron chi connectivity index (χ1n) is 20.9. The van der Waals surface area contributed by atoms with Crippen molar-refractivity contribution < 1.29 is 0 Å². The third-order valence-electron chi connectivity index (χ3n) is 12.7. The SMILES string of the molecule is c1cc(-c2ccc3c(-c4ccc5ccccc5c4)c4ccccc4c(-c4ccc5ccccc5c4)c3c2)nc(-c2ccc3c(c2)c2ccccc2n2c4ccccc4nc32)c1. The van der Waals surface area contributed by atoms with E-state index in [1.54, 1.807) is 0 Å². The van der Waals surface area contributed by atoms with Crippen LogP contribution in [0.3, 0.4) is 0 Å². The van der Waals surface area contributed by atoms with Crippen LogP contribution >= 0.6 is 0 Å². The zero-order valence-electron chi connectivity index (χ0n) is 33.0. The van der Waals surface area contributed by atoms with Gasteiger partial charge in [0.25, 0.3) is 0 Å². The molecule has 3 nitrogen and oxygen atoms in total. The average molecular weight is 774 g/mol. The molecule has 13 aromatic rings. The van der Waals surface area contributed by atoms with Gasteiger partial charge in [0.2, 0.25) is 0 Å². The molecule has 61 heavy (non-hydrogen) atoms. The number of benzene rings is 10. The highest BCUT2D eigenvalue weighted by molar-refractivity contribution is 6.23. The highest BCUT2D eigenvalue weighted by atomic mass is 15.0. The minimum atomic E-state index is 0.932. The van der Waals surface area contributed by atoms with E-state index in [4.69, 9.17) is 9.97 Å². The van der Waals surface area contributed by atoms with Crippen LogP contribution in [0.4, 0.5) is 0 Å². The zero-order valence-corrected chi connectivity index (χ0v) is 33.0. The molecule has 282 valence electrons. The third-order valence-corrected chi connectivity index (χ3v) is 12.7. The van der Waals surface area contributed by atoms with E-state index in [2.05, 4.69) is 217 Å². The molecule has 0 unspecified atom stereocenters. The summed E-state index contributed by atoms with van der Waals surface area (Å²) in [5.41, 5.74) is 13.1. The van der Waals surface area contributed by atoms with Gasteiger partial charge in [-0.15, -0.1) is 0 Å². The van der Waals surface area contributed by atoms with Crippen LogP contribution in [0.25, 0.3) is 126 Å². The number of fused-ring (bicyclic) bond motifs is 12. The molecule has 13 rings (SSSR count). The van der Waals surface area contributed by atoms with Gasteiger partial charge in [-0.05, 0) is 131 Å². The van der Waals surface area contributed by atoms with Gasteiger partial charge in [-0.25, -0.2) is 9.97 Å². The molecular formula is C58H35N3. The number of imidazole rings is 1. The molecule has 0 radical (unpaired) electrons. The predicted octanol–water partition coefficient (Wildman–Crippen LogP) is 15.5. The Hall–Kier alpha value is -8.14. The van der Waals surface area contributed by atoms with Crippen molar-refractivity contribution in [2.45, 2.75) is 0 Å². The molecule has 0 saturated heterocycles. The minimum Gasteiger partial charge on any atom is -0.292 e. The Bertz CT molecular complexity index is 3950. The summed E-state index contributed by atoms with van der Waals surface area (Å²) in [5, 5.41) is 13.3. The fourth-order valence-electron chi connectivity index (χ4n) is 9.87. The first kappa shape index (κ1) is 33.8. The monoisotopic (exact) mass is 773 g/mol. The van der Waals surface area contributed by atoms with Gasteiger partial charge in [0, 0.05) is 21.9 Å². The van der Waals surface area contributed by atoms with Gasteiger partial charge >= 0.3 is 0 Å². The molecule has 3 aromatic heterocycles. The van der Waals surface area contributed by atoms with Crippen LogP contribution in [0.5, 0.6) is 0 Å². The van der Waals surface area contributed by atoms with Crippen LogP contribution < -0.4 is 0 Å². The van der Waals surface area contributed by atoms with Crippen molar-refractivity contribution >= 4 is 81.4 Å². The second-order valence-electron chi connectivity index (χ2n) is 16.1. The third kappa shape index (κ3) is 5.24. The van der Waals surface area contributed by atoms with Crippen molar-refractivity contribution in [3.8, 4) is 44.8 Å². The maximum atomic E-state index is 5.40. The van der Waals surface area contributed by atoms with E-state index in [1.807, 2.05) is 0 Å². The fraction of sp³-hybridized carbons (Fsp3) is 0. The molecular weight excluding hydrogens is 739 g/mol. The summed E-state index contributed by atoms with van der Waals surface area (Å²) in [6, 6.07) is 77.1. The molecule has 0 bridgehead atoms. The van der Waals surface area contributed by atoms with Crippen molar-refractivity contribution in [1.29, 1.82) is 0 Å². The Balaban J connectivity index is 1.03. The van der Waals surface area contributed by atoms with E-state index in [0.29, 0.717) is 0 Å². The number of hydrogen-bond donors (Lipinski definition) is 0. The van der Waals surface area contributed by atoms with E-state index in [-0.39, 0.29) is 0 Å². The van der Waals surface area contributed by atoms with Gasteiger partial charge in [-0.2, -0.15) is 0 Å². The van der Waals surface area contributed by atoms with Gasteiger partial charge < -0.3 is 0 Å². The number of nitrogens with zero attached hydrogens (tertiary/aromatic N) is 3. The first-order chi connectivity index (χ1) is 30.2.